The predicted molar refractivity (Wildman–Crippen MR) is 116 cm³/mol. The monoisotopic (exact) mass is 416 g/mol. The molecule has 0 aliphatic heterocycles. The third-order valence-corrected chi connectivity index (χ3v) is 5.91. The molecular weight excluding hydrogens is 384 g/mol. The fourth-order valence-corrected chi connectivity index (χ4v) is 4.29. The second kappa shape index (κ2) is 10.8. The molecule has 2 aromatic rings. The summed E-state index contributed by atoms with van der Waals surface area (Å²) in [4.78, 5) is 12.4. The summed E-state index contributed by atoms with van der Waals surface area (Å²) in [6, 6.07) is 8.15. The minimum atomic E-state index is -0.0385. The van der Waals surface area contributed by atoms with Crippen molar-refractivity contribution in [1.82, 2.24) is 20.1 Å². The first-order valence-corrected chi connectivity index (χ1v) is 11.8. The predicted octanol–water partition coefficient (Wildman–Crippen LogP) is 4.40. The molecule has 6 nitrogen and oxygen atoms in total. The van der Waals surface area contributed by atoms with Crippen LogP contribution in [0.2, 0.25) is 0 Å². The maximum Gasteiger partial charge on any atom is 0.251 e. The Hall–Kier alpha value is -1.86. The normalized spacial score (nSPS) is 14.6. The van der Waals surface area contributed by atoms with Crippen LogP contribution < -0.4 is 5.32 Å². The van der Waals surface area contributed by atoms with Crippen LogP contribution in [0.4, 0.5) is 0 Å². The standard InChI is InChI=1S/C22H32N4O2S/c1-16(2)28-15-17-10-12-18(13-11-17)21(27)23-14-6-9-20-24-25-22(29-3)26(20)19-7-4-5-8-19/h10-13,16,19H,4-9,14-15H2,1-3H3,(H,23,27). The maximum atomic E-state index is 12.4. The molecule has 1 aromatic heterocycles. The van der Waals surface area contributed by atoms with Gasteiger partial charge in [0.25, 0.3) is 5.91 Å². The number of thioether (sulfide) groups is 1. The highest BCUT2D eigenvalue weighted by Gasteiger charge is 2.23. The molecular formula is C22H32N4O2S. The SMILES string of the molecule is CSc1nnc(CCCNC(=O)c2ccc(COC(C)C)cc2)n1C1CCCC1. The molecule has 0 bridgehead atoms. The van der Waals surface area contributed by atoms with Crippen LogP contribution >= 0.6 is 11.8 Å². The lowest BCUT2D eigenvalue weighted by Crippen LogP contribution is -2.25. The summed E-state index contributed by atoms with van der Waals surface area (Å²) in [7, 11) is 0. The van der Waals surface area contributed by atoms with Crippen molar-refractivity contribution >= 4 is 17.7 Å². The lowest BCUT2D eigenvalue weighted by atomic mass is 10.1. The van der Waals surface area contributed by atoms with Gasteiger partial charge in [-0.05, 0) is 57.1 Å². The number of carbonyl (C=O) groups is 1. The minimum Gasteiger partial charge on any atom is -0.374 e. The molecule has 29 heavy (non-hydrogen) atoms. The van der Waals surface area contributed by atoms with Crippen molar-refractivity contribution in [3.05, 3.63) is 41.2 Å². The molecule has 0 atom stereocenters. The van der Waals surface area contributed by atoms with E-state index in [1.165, 1.54) is 25.7 Å². The highest BCUT2D eigenvalue weighted by atomic mass is 32.2. The number of rotatable bonds is 10. The number of nitrogens with zero attached hydrogens (tertiary/aromatic N) is 3. The summed E-state index contributed by atoms with van der Waals surface area (Å²) < 4.78 is 7.92. The number of carbonyl (C=O) groups excluding carboxylic acids is 1. The lowest BCUT2D eigenvalue weighted by molar-refractivity contribution is 0.0657. The molecule has 0 spiro atoms. The largest absolute Gasteiger partial charge is 0.374 e. The Morgan fingerprint density at radius 1 is 1.24 bits per heavy atom. The van der Waals surface area contributed by atoms with E-state index >= 15 is 0 Å². The number of nitrogens with one attached hydrogen (secondary N) is 1. The van der Waals surface area contributed by atoms with Gasteiger partial charge in [-0.1, -0.05) is 36.7 Å². The Morgan fingerprint density at radius 2 is 1.97 bits per heavy atom. The van der Waals surface area contributed by atoms with E-state index in [-0.39, 0.29) is 12.0 Å². The van der Waals surface area contributed by atoms with Gasteiger partial charge in [0, 0.05) is 24.6 Å². The van der Waals surface area contributed by atoms with E-state index in [1.807, 2.05) is 38.1 Å². The van der Waals surface area contributed by atoms with E-state index in [9.17, 15) is 4.79 Å². The van der Waals surface area contributed by atoms with E-state index in [0.717, 1.165) is 29.4 Å². The van der Waals surface area contributed by atoms with Gasteiger partial charge in [0.2, 0.25) is 0 Å². The molecule has 7 heteroatoms. The van der Waals surface area contributed by atoms with Crippen molar-refractivity contribution in [1.29, 1.82) is 0 Å². The number of hydrogen-bond acceptors (Lipinski definition) is 5. The molecule has 1 amide bonds. The van der Waals surface area contributed by atoms with Crippen LogP contribution in [-0.4, -0.2) is 39.6 Å². The molecule has 0 radical (unpaired) electrons. The van der Waals surface area contributed by atoms with Crippen molar-refractivity contribution in [3.8, 4) is 0 Å². The quantitative estimate of drug-likeness (QED) is 0.459. The zero-order valence-corrected chi connectivity index (χ0v) is 18.5. The van der Waals surface area contributed by atoms with E-state index < -0.39 is 0 Å². The van der Waals surface area contributed by atoms with Gasteiger partial charge in [0.1, 0.15) is 5.82 Å². The zero-order valence-electron chi connectivity index (χ0n) is 17.7. The number of aryl methyl sites for hydroxylation is 1. The maximum absolute atomic E-state index is 12.4. The fraction of sp³-hybridized carbons (Fsp3) is 0.591. The number of ether oxygens (including phenoxy) is 1. The molecule has 1 N–H and O–H groups in total. The molecule has 1 aliphatic carbocycles. The average Bonchev–Trinajstić information content (AvgIpc) is 3.39. The van der Waals surface area contributed by atoms with Gasteiger partial charge < -0.3 is 14.6 Å². The summed E-state index contributed by atoms with van der Waals surface area (Å²) in [5, 5.41) is 12.8. The Balaban J connectivity index is 1.47. The van der Waals surface area contributed by atoms with Gasteiger partial charge in [-0.25, -0.2) is 0 Å². The molecule has 0 unspecified atom stereocenters. The summed E-state index contributed by atoms with van der Waals surface area (Å²) >= 11 is 1.66. The molecule has 1 aromatic carbocycles. The molecule has 158 valence electrons. The van der Waals surface area contributed by atoms with Crippen LogP contribution in [0.5, 0.6) is 0 Å². The van der Waals surface area contributed by atoms with Crippen LogP contribution in [0.15, 0.2) is 29.4 Å². The Morgan fingerprint density at radius 3 is 2.62 bits per heavy atom. The van der Waals surface area contributed by atoms with Gasteiger partial charge in [0.15, 0.2) is 5.16 Å². The number of aromatic nitrogens is 3. The van der Waals surface area contributed by atoms with Crippen molar-refractivity contribution in [3.63, 3.8) is 0 Å². The number of hydrogen-bond donors (Lipinski definition) is 1. The van der Waals surface area contributed by atoms with Crippen LogP contribution in [0, 0.1) is 0 Å². The number of benzene rings is 1. The zero-order chi connectivity index (χ0) is 20.6. The van der Waals surface area contributed by atoms with Crippen LogP contribution in [-0.2, 0) is 17.8 Å². The van der Waals surface area contributed by atoms with Crippen molar-refractivity contribution in [2.24, 2.45) is 0 Å². The first-order chi connectivity index (χ1) is 14.1. The molecule has 3 rings (SSSR count). The van der Waals surface area contributed by atoms with Crippen LogP contribution in [0.1, 0.15) is 73.7 Å². The molecule has 1 fully saturated rings. The highest BCUT2D eigenvalue weighted by Crippen LogP contribution is 2.33. The first kappa shape index (κ1) is 21.8. The molecule has 1 heterocycles. The summed E-state index contributed by atoms with van der Waals surface area (Å²) in [5.74, 6) is 1.01. The third kappa shape index (κ3) is 6.06. The minimum absolute atomic E-state index is 0.0385. The Bertz CT molecular complexity index is 783. The Labute approximate surface area is 177 Å². The van der Waals surface area contributed by atoms with Gasteiger partial charge >= 0.3 is 0 Å². The van der Waals surface area contributed by atoms with Crippen LogP contribution in [0.3, 0.4) is 0 Å². The van der Waals surface area contributed by atoms with Crippen molar-refractivity contribution in [2.75, 3.05) is 12.8 Å². The van der Waals surface area contributed by atoms with Gasteiger partial charge in [-0.15, -0.1) is 10.2 Å². The second-order valence-corrected chi connectivity index (χ2v) is 8.60. The highest BCUT2D eigenvalue weighted by molar-refractivity contribution is 7.98. The summed E-state index contributed by atoms with van der Waals surface area (Å²) in [6.45, 7) is 5.22. The fourth-order valence-electron chi connectivity index (χ4n) is 3.71. The van der Waals surface area contributed by atoms with Gasteiger partial charge in [-0.2, -0.15) is 0 Å². The first-order valence-electron chi connectivity index (χ1n) is 10.5. The summed E-state index contributed by atoms with van der Waals surface area (Å²) in [5.41, 5.74) is 1.75. The van der Waals surface area contributed by atoms with Crippen molar-refractivity contribution in [2.45, 2.75) is 76.3 Å². The van der Waals surface area contributed by atoms with E-state index in [0.29, 0.717) is 24.8 Å². The molecule has 0 saturated heterocycles. The molecule has 1 saturated carbocycles. The smallest absolute Gasteiger partial charge is 0.251 e. The van der Waals surface area contributed by atoms with E-state index in [4.69, 9.17) is 4.74 Å². The van der Waals surface area contributed by atoms with E-state index in [1.54, 1.807) is 11.8 Å². The van der Waals surface area contributed by atoms with Crippen molar-refractivity contribution < 1.29 is 9.53 Å². The summed E-state index contributed by atoms with van der Waals surface area (Å²) in [6.07, 6.45) is 8.94. The number of amides is 1. The second-order valence-electron chi connectivity index (χ2n) is 7.83. The third-order valence-electron chi connectivity index (χ3n) is 5.27. The van der Waals surface area contributed by atoms with E-state index in [2.05, 4.69) is 26.3 Å². The van der Waals surface area contributed by atoms with Crippen LogP contribution in [0.25, 0.3) is 0 Å². The molecule has 1 aliphatic rings. The lowest BCUT2D eigenvalue weighted by Gasteiger charge is -2.16. The van der Waals surface area contributed by atoms with Gasteiger partial charge in [0.05, 0.1) is 12.7 Å². The topological polar surface area (TPSA) is 69.0 Å². The Kier molecular flexibility index (Phi) is 8.12. The average molecular weight is 417 g/mol. The van der Waals surface area contributed by atoms with Gasteiger partial charge in [-0.3, -0.25) is 4.79 Å².